The molecule has 2 N–H and O–H groups in total. The number of nitrogens with one attached hydrogen (secondary N) is 2. The number of nitrogens with zero attached hydrogens (tertiary/aromatic N) is 1. The zero-order valence-corrected chi connectivity index (χ0v) is 11.4. The maximum absolute atomic E-state index is 11.9. The summed E-state index contributed by atoms with van der Waals surface area (Å²) in [5.74, 6) is 0.0431. The Morgan fingerprint density at radius 3 is 2.83 bits per heavy atom. The maximum atomic E-state index is 11.9. The van der Waals surface area contributed by atoms with Crippen molar-refractivity contribution < 1.29 is 4.79 Å². The van der Waals surface area contributed by atoms with Crippen LogP contribution in [-0.2, 0) is 4.79 Å². The summed E-state index contributed by atoms with van der Waals surface area (Å²) in [6, 6.07) is 6.24. The average Bonchev–Trinajstić information content (AvgIpc) is 2.61. The summed E-state index contributed by atoms with van der Waals surface area (Å²) in [7, 11) is 4.08. The molecule has 0 aromatic heterocycles. The van der Waals surface area contributed by atoms with Crippen LogP contribution in [0.25, 0.3) is 0 Å². The maximum Gasteiger partial charge on any atom is 0.246 e. The summed E-state index contributed by atoms with van der Waals surface area (Å²) < 4.78 is 0. The first-order chi connectivity index (χ1) is 8.49. The van der Waals surface area contributed by atoms with Gasteiger partial charge in [0.05, 0.1) is 0 Å². The van der Waals surface area contributed by atoms with E-state index in [4.69, 9.17) is 0 Å². The fourth-order valence-electron chi connectivity index (χ4n) is 2.05. The predicted octanol–water partition coefficient (Wildman–Crippen LogP) is 1.53. The molecule has 2 atom stereocenters. The fraction of sp³-hybridized carbons (Fsp3) is 0.500. The number of hydrogen-bond donors (Lipinski definition) is 2. The van der Waals surface area contributed by atoms with Crippen molar-refractivity contribution in [2.45, 2.75) is 25.9 Å². The first-order valence-corrected chi connectivity index (χ1v) is 6.30. The molecule has 4 heteroatoms. The molecular weight excluding hydrogens is 226 g/mol. The smallest absolute Gasteiger partial charge is 0.246 e. The first kappa shape index (κ1) is 13.1. The van der Waals surface area contributed by atoms with Gasteiger partial charge in [-0.05, 0) is 34.0 Å². The number of benzene rings is 1. The predicted molar refractivity (Wildman–Crippen MR) is 73.7 cm³/mol. The number of anilines is 1. The van der Waals surface area contributed by atoms with Gasteiger partial charge in [-0.1, -0.05) is 17.7 Å². The third kappa shape index (κ3) is 2.54. The number of rotatable bonds is 4. The largest absolute Gasteiger partial charge is 0.324 e. The lowest BCUT2D eigenvalue weighted by Crippen LogP contribution is -2.39. The number of aryl methyl sites for hydroxylation is 1. The Bertz CT molecular complexity index is 456. The van der Waals surface area contributed by atoms with E-state index in [0.717, 1.165) is 17.8 Å². The van der Waals surface area contributed by atoms with Crippen molar-refractivity contribution in [3.8, 4) is 0 Å². The van der Waals surface area contributed by atoms with Crippen LogP contribution in [0.1, 0.15) is 24.1 Å². The van der Waals surface area contributed by atoms with Crippen molar-refractivity contribution in [2.24, 2.45) is 0 Å². The van der Waals surface area contributed by atoms with Gasteiger partial charge in [0.2, 0.25) is 5.91 Å². The lowest BCUT2D eigenvalue weighted by Gasteiger charge is -2.22. The van der Waals surface area contributed by atoms with E-state index in [0.29, 0.717) is 6.04 Å². The monoisotopic (exact) mass is 247 g/mol. The van der Waals surface area contributed by atoms with Gasteiger partial charge in [0.15, 0.2) is 0 Å². The van der Waals surface area contributed by atoms with Crippen molar-refractivity contribution in [3.05, 3.63) is 29.3 Å². The Kier molecular flexibility index (Phi) is 3.68. The van der Waals surface area contributed by atoms with Gasteiger partial charge in [-0.25, -0.2) is 0 Å². The molecule has 0 fully saturated rings. The first-order valence-electron chi connectivity index (χ1n) is 6.30. The molecule has 0 saturated carbocycles. The van der Waals surface area contributed by atoms with E-state index < -0.39 is 0 Å². The molecule has 1 aromatic rings. The minimum atomic E-state index is -0.220. The molecule has 1 amide bonds. The summed E-state index contributed by atoms with van der Waals surface area (Å²) in [5, 5.41) is 6.25. The van der Waals surface area contributed by atoms with Gasteiger partial charge < -0.3 is 15.5 Å². The molecule has 0 radical (unpaired) electrons. The molecule has 0 saturated heterocycles. The van der Waals surface area contributed by atoms with Crippen molar-refractivity contribution in [2.75, 3.05) is 26.0 Å². The van der Waals surface area contributed by atoms with E-state index in [1.54, 1.807) is 0 Å². The quantitative estimate of drug-likeness (QED) is 0.848. The second-order valence-corrected chi connectivity index (χ2v) is 5.23. The van der Waals surface area contributed by atoms with E-state index in [2.05, 4.69) is 28.5 Å². The number of carbonyl (C=O) groups is 1. The number of amides is 1. The van der Waals surface area contributed by atoms with Crippen LogP contribution in [0.2, 0.25) is 0 Å². The van der Waals surface area contributed by atoms with Crippen LogP contribution >= 0.6 is 0 Å². The summed E-state index contributed by atoms with van der Waals surface area (Å²) in [4.78, 5) is 14.1. The molecule has 0 aliphatic carbocycles. The lowest BCUT2D eigenvalue weighted by atomic mass is 10.1. The van der Waals surface area contributed by atoms with Gasteiger partial charge in [0.1, 0.15) is 6.04 Å². The number of likely N-dealkylation sites (N-methyl/N-ethyl adjacent to an activating group) is 1. The van der Waals surface area contributed by atoms with E-state index in [-0.39, 0.29) is 11.9 Å². The van der Waals surface area contributed by atoms with Gasteiger partial charge in [-0.3, -0.25) is 4.79 Å². The summed E-state index contributed by atoms with van der Waals surface area (Å²) in [6.07, 6.45) is 0. The van der Waals surface area contributed by atoms with Crippen LogP contribution in [0.5, 0.6) is 0 Å². The highest BCUT2D eigenvalue weighted by molar-refractivity contribution is 6.02. The van der Waals surface area contributed by atoms with Gasteiger partial charge >= 0.3 is 0 Å². The third-order valence-electron chi connectivity index (χ3n) is 3.54. The highest BCUT2D eigenvalue weighted by atomic mass is 16.2. The molecule has 1 aliphatic rings. The lowest BCUT2D eigenvalue weighted by molar-refractivity contribution is -0.117. The molecule has 0 bridgehead atoms. The van der Waals surface area contributed by atoms with E-state index in [1.165, 1.54) is 5.56 Å². The third-order valence-corrected chi connectivity index (χ3v) is 3.54. The molecule has 1 heterocycles. The average molecular weight is 247 g/mol. The van der Waals surface area contributed by atoms with Crippen molar-refractivity contribution in [3.63, 3.8) is 0 Å². The number of fused-ring (bicyclic) bond motifs is 1. The fourth-order valence-corrected chi connectivity index (χ4v) is 2.05. The van der Waals surface area contributed by atoms with Crippen LogP contribution in [0, 0.1) is 6.92 Å². The van der Waals surface area contributed by atoms with Crippen molar-refractivity contribution in [1.82, 2.24) is 10.2 Å². The normalized spacial score (nSPS) is 19.8. The van der Waals surface area contributed by atoms with Gasteiger partial charge in [-0.15, -0.1) is 0 Å². The SMILES string of the molecule is Cc1ccc2c(c1)C(NCC(C)N(C)C)C(=O)N2. The molecule has 18 heavy (non-hydrogen) atoms. The summed E-state index contributed by atoms with van der Waals surface area (Å²) in [5.41, 5.74) is 3.17. The zero-order chi connectivity index (χ0) is 13.3. The minimum absolute atomic E-state index is 0.0431. The Morgan fingerprint density at radius 2 is 2.17 bits per heavy atom. The zero-order valence-electron chi connectivity index (χ0n) is 11.4. The van der Waals surface area contributed by atoms with E-state index in [1.807, 2.05) is 33.2 Å². The molecule has 0 spiro atoms. The molecule has 2 unspecified atom stereocenters. The molecule has 1 aliphatic heterocycles. The molecule has 1 aromatic carbocycles. The molecule has 4 nitrogen and oxygen atoms in total. The van der Waals surface area contributed by atoms with Crippen molar-refractivity contribution >= 4 is 11.6 Å². The van der Waals surface area contributed by atoms with Crippen molar-refractivity contribution in [1.29, 1.82) is 0 Å². The summed E-state index contributed by atoms with van der Waals surface area (Å²) >= 11 is 0. The van der Waals surface area contributed by atoms with E-state index >= 15 is 0 Å². The van der Waals surface area contributed by atoms with Crippen LogP contribution in [0.4, 0.5) is 5.69 Å². The van der Waals surface area contributed by atoms with E-state index in [9.17, 15) is 4.79 Å². The highest BCUT2D eigenvalue weighted by Crippen LogP contribution is 2.31. The Morgan fingerprint density at radius 1 is 1.44 bits per heavy atom. The molecular formula is C14H21N3O. The minimum Gasteiger partial charge on any atom is -0.324 e. The second-order valence-electron chi connectivity index (χ2n) is 5.23. The Balaban J connectivity index is 2.10. The van der Waals surface area contributed by atoms with Crippen LogP contribution in [-0.4, -0.2) is 37.5 Å². The highest BCUT2D eigenvalue weighted by Gasteiger charge is 2.30. The topological polar surface area (TPSA) is 44.4 Å². The second kappa shape index (κ2) is 5.08. The van der Waals surface area contributed by atoms with Gasteiger partial charge in [0.25, 0.3) is 0 Å². The molecule has 2 rings (SSSR count). The van der Waals surface area contributed by atoms with Crippen LogP contribution in [0.15, 0.2) is 18.2 Å². The van der Waals surface area contributed by atoms with Gasteiger partial charge in [0, 0.05) is 23.8 Å². The standard InChI is InChI=1S/C14H21N3O/c1-9-5-6-12-11(7-9)13(14(18)16-12)15-8-10(2)17(3)4/h5-7,10,13,15H,8H2,1-4H3,(H,16,18). The van der Waals surface area contributed by atoms with Crippen LogP contribution in [0.3, 0.4) is 0 Å². The number of hydrogen-bond acceptors (Lipinski definition) is 3. The molecule has 98 valence electrons. The summed E-state index contributed by atoms with van der Waals surface area (Å²) in [6.45, 7) is 4.97. The van der Waals surface area contributed by atoms with Gasteiger partial charge in [-0.2, -0.15) is 0 Å². The Labute approximate surface area is 108 Å². The Hall–Kier alpha value is -1.39. The number of carbonyl (C=O) groups excluding carboxylic acids is 1. The van der Waals surface area contributed by atoms with Crippen LogP contribution < -0.4 is 10.6 Å².